The topological polar surface area (TPSA) is 63.7 Å². The number of hydrogen-bond acceptors (Lipinski definition) is 4. The van der Waals surface area contributed by atoms with E-state index in [9.17, 15) is 13.2 Å². The van der Waals surface area contributed by atoms with Gasteiger partial charge in [-0.15, -0.1) is 0 Å². The average molecular weight is 436 g/mol. The summed E-state index contributed by atoms with van der Waals surface area (Å²) in [6.07, 6.45) is 0.294. The summed E-state index contributed by atoms with van der Waals surface area (Å²) in [5.74, 6) is 0.725. The Morgan fingerprint density at radius 3 is 1.90 bits per heavy atom. The van der Waals surface area contributed by atoms with E-state index in [0.29, 0.717) is 5.75 Å². The zero-order valence-corrected chi connectivity index (χ0v) is 18.4. The third kappa shape index (κ3) is 4.27. The lowest BCUT2D eigenvalue weighted by molar-refractivity contribution is -0.123. The van der Waals surface area contributed by atoms with Gasteiger partial charge >= 0.3 is 0 Å². The number of nitrogens with zero attached hydrogens (tertiary/aromatic N) is 1. The van der Waals surface area contributed by atoms with Crippen molar-refractivity contribution in [3.8, 4) is 5.75 Å². The third-order valence-corrected chi connectivity index (χ3v) is 7.67. The van der Waals surface area contributed by atoms with Crippen LogP contribution in [0, 0.1) is 6.92 Å². The summed E-state index contributed by atoms with van der Waals surface area (Å²) in [6.45, 7) is 1.92. The fourth-order valence-corrected chi connectivity index (χ4v) is 5.90. The van der Waals surface area contributed by atoms with Crippen molar-refractivity contribution >= 4 is 15.8 Å². The van der Waals surface area contributed by atoms with Crippen LogP contribution in [0.2, 0.25) is 0 Å². The van der Waals surface area contributed by atoms with Crippen LogP contribution in [0.5, 0.6) is 5.75 Å². The third-order valence-electron chi connectivity index (χ3n) is 5.74. The summed E-state index contributed by atoms with van der Waals surface area (Å²) < 4.78 is 34.5. The van der Waals surface area contributed by atoms with E-state index in [0.717, 1.165) is 16.7 Å². The van der Waals surface area contributed by atoms with Gasteiger partial charge in [-0.2, -0.15) is 4.31 Å². The number of benzene rings is 3. The molecule has 1 saturated heterocycles. The van der Waals surface area contributed by atoms with E-state index in [-0.39, 0.29) is 23.5 Å². The molecule has 5 nitrogen and oxygen atoms in total. The van der Waals surface area contributed by atoms with Gasteiger partial charge in [-0.05, 0) is 42.3 Å². The summed E-state index contributed by atoms with van der Waals surface area (Å²) in [5, 5.41) is 0. The normalized spacial score (nSPS) is 19.9. The van der Waals surface area contributed by atoms with Crippen molar-refractivity contribution in [1.29, 1.82) is 0 Å². The molecule has 2 atom stereocenters. The summed E-state index contributed by atoms with van der Waals surface area (Å²) in [4.78, 5) is 13.0. The van der Waals surface area contributed by atoms with E-state index >= 15 is 0 Å². The maximum atomic E-state index is 13.9. The maximum Gasteiger partial charge on any atom is 0.244 e. The maximum absolute atomic E-state index is 13.9. The Balaban J connectivity index is 1.86. The highest BCUT2D eigenvalue weighted by molar-refractivity contribution is 7.89. The van der Waals surface area contributed by atoms with Crippen LogP contribution in [-0.2, 0) is 14.8 Å². The fourth-order valence-electron chi connectivity index (χ4n) is 4.11. The van der Waals surface area contributed by atoms with Crippen LogP contribution in [0.15, 0.2) is 83.8 Å². The number of hydrogen-bond donors (Lipinski definition) is 0. The molecule has 4 rings (SSSR count). The van der Waals surface area contributed by atoms with E-state index in [4.69, 9.17) is 4.74 Å². The van der Waals surface area contributed by atoms with Crippen LogP contribution in [0.4, 0.5) is 0 Å². The minimum Gasteiger partial charge on any atom is -0.497 e. The molecule has 0 bridgehead atoms. The van der Waals surface area contributed by atoms with Crippen molar-refractivity contribution in [3.05, 3.63) is 95.6 Å². The smallest absolute Gasteiger partial charge is 0.244 e. The minimum atomic E-state index is -3.86. The Labute approximate surface area is 183 Å². The van der Waals surface area contributed by atoms with E-state index in [1.54, 1.807) is 43.5 Å². The molecular weight excluding hydrogens is 410 g/mol. The number of carbonyl (C=O) groups excluding carboxylic acids is 1. The van der Waals surface area contributed by atoms with Crippen LogP contribution < -0.4 is 4.74 Å². The van der Waals surface area contributed by atoms with Gasteiger partial charge in [0.05, 0.1) is 24.1 Å². The highest BCUT2D eigenvalue weighted by atomic mass is 32.2. The Bertz CT molecular complexity index is 1160. The molecule has 0 unspecified atom stereocenters. The van der Waals surface area contributed by atoms with Gasteiger partial charge in [0, 0.05) is 12.8 Å². The molecular formula is C25H25NO4S. The van der Waals surface area contributed by atoms with Crippen molar-refractivity contribution in [2.45, 2.75) is 36.7 Å². The number of rotatable bonds is 5. The van der Waals surface area contributed by atoms with Crippen molar-refractivity contribution in [1.82, 2.24) is 4.31 Å². The number of piperidine rings is 1. The summed E-state index contributed by atoms with van der Waals surface area (Å²) in [5.41, 5.74) is 2.56. The Hall–Kier alpha value is -2.96. The molecule has 0 aromatic heterocycles. The SMILES string of the molecule is COc1ccc([C@H]2CC(=O)C[C@@H](c3ccccc3)N2S(=O)(=O)c2ccc(C)cc2)cc1. The van der Waals surface area contributed by atoms with Crippen LogP contribution in [0.3, 0.4) is 0 Å². The van der Waals surface area contributed by atoms with Crippen LogP contribution in [0.1, 0.15) is 41.6 Å². The van der Waals surface area contributed by atoms with E-state index < -0.39 is 22.1 Å². The number of carbonyl (C=O) groups is 1. The second-order valence-electron chi connectivity index (χ2n) is 7.81. The molecule has 3 aromatic rings. The second-order valence-corrected chi connectivity index (χ2v) is 9.65. The first kappa shape index (κ1) is 21.3. The van der Waals surface area contributed by atoms with E-state index in [1.165, 1.54) is 4.31 Å². The lowest BCUT2D eigenvalue weighted by atomic mass is 9.89. The predicted molar refractivity (Wildman–Crippen MR) is 119 cm³/mol. The number of aryl methyl sites for hydroxylation is 1. The molecule has 160 valence electrons. The molecule has 3 aromatic carbocycles. The second kappa shape index (κ2) is 8.65. The number of sulfonamides is 1. The van der Waals surface area contributed by atoms with Gasteiger partial charge in [0.2, 0.25) is 10.0 Å². The quantitative estimate of drug-likeness (QED) is 0.575. The summed E-state index contributed by atoms with van der Waals surface area (Å²) in [7, 11) is -2.28. The highest BCUT2D eigenvalue weighted by Gasteiger charge is 2.44. The van der Waals surface area contributed by atoms with Gasteiger partial charge in [-0.1, -0.05) is 60.2 Å². The molecule has 6 heteroatoms. The molecule has 1 fully saturated rings. The van der Waals surface area contributed by atoms with Crippen LogP contribution in [0.25, 0.3) is 0 Å². The average Bonchev–Trinajstić information content (AvgIpc) is 2.79. The van der Waals surface area contributed by atoms with E-state index in [1.807, 2.05) is 49.4 Å². The number of ketones is 1. The van der Waals surface area contributed by atoms with Gasteiger partial charge in [0.25, 0.3) is 0 Å². The van der Waals surface area contributed by atoms with Gasteiger partial charge < -0.3 is 4.74 Å². The number of Topliss-reactive ketones (excluding diaryl/α,β-unsaturated/α-hetero) is 1. The zero-order valence-electron chi connectivity index (χ0n) is 17.6. The number of ether oxygens (including phenoxy) is 1. The zero-order chi connectivity index (χ0) is 22.0. The molecule has 1 aliphatic rings. The molecule has 1 heterocycles. The van der Waals surface area contributed by atoms with Gasteiger partial charge in [0.1, 0.15) is 11.5 Å². The molecule has 31 heavy (non-hydrogen) atoms. The number of methoxy groups -OCH3 is 1. The molecule has 0 radical (unpaired) electrons. The monoisotopic (exact) mass is 435 g/mol. The Kier molecular flexibility index (Phi) is 5.94. The summed E-state index contributed by atoms with van der Waals surface area (Å²) >= 11 is 0. The first-order valence-corrected chi connectivity index (χ1v) is 11.6. The van der Waals surface area contributed by atoms with Crippen LogP contribution in [-0.4, -0.2) is 25.6 Å². The Morgan fingerprint density at radius 2 is 1.35 bits per heavy atom. The molecule has 0 amide bonds. The fraction of sp³-hybridized carbons (Fsp3) is 0.240. The van der Waals surface area contributed by atoms with Crippen molar-refractivity contribution < 1.29 is 17.9 Å². The lowest BCUT2D eigenvalue weighted by Crippen LogP contribution is -2.43. The van der Waals surface area contributed by atoms with Gasteiger partial charge in [-0.25, -0.2) is 8.42 Å². The van der Waals surface area contributed by atoms with Gasteiger partial charge in [0.15, 0.2) is 0 Å². The molecule has 0 aliphatic carbocycles. The largest absolute Gasteiger partial charge is 0.497 e. The first-order chi connectivity index (χ1) is 14.9. The standard InChI is InChI=1S/C25H25NO4S/c1-18-8-14-23(15-9-18)31(28,29)26-24(19-6-4-3-5-7-19)16-21(27)17-25(26)20-10-12-22(30-2)13-11-20/h3-15,24-25H,16-17H2,1-2H3/t24-,25+/m0/s1. The summed E-state index contributed by atoms with van der Waals surface area (Å²) in [6, 6.07) is 22.3. The van der Waals surface area contributed by atoms with Crippen molar-refractivity contribution in [3.63, 3.8) is 0 Å². The molecule has 0 saturated carbocycles. The predicted octanol–water partition coefficient (Wildman–Crippen LogP) is 4.84. The van der Waals surface area contributed by atoms with Crippen molar-refractivity contribution in [2.24, 2.45) is 0 Å². The van der Waals surface area contributed by atoms with E-state index in [2.05, 4.69) is 0 Å². The van der Waals surface area contributed by atoms with Crippen LogP contribution >= 0.6 is 0 Å². The highest BCUT2D eigenvalue weighted by Crippen LogP contribution is 2.44. The lowest BCUT2D eigenvalue weighted by Gasteiger charge is -2.41. The molecule has 1 aliphatic heterocycles. The molecule has 0 spiro atoms. The van der Waals surface area contributed by atoms with Crippen molar-refractivity contribution in [2.75, 3.05) is 7.11 Å². The Morgan fingerprint density at radius 1 is 0.806 bits per heavy atom. The molecule has 0 N–H and O–H groups in total. The first-order valence-electron chi connectivity index (χ1n) is 10.2. The van der Waals surface area contributed by atoms with Gasteiger partial charge in [-0.3, -0.25) is 4.79 Å². The minimum absolute atomic E-state index is 0.0463.